The van der Waals surface area contributed by atoms with Crippen LogP contribution >= 0.6 is 11.3 Å². The van der Waals surface area contributed by atoms with Crippen LogP contribution in [0.5, 0.6) is 0 Å². The van der Waals surface area contributed by atoms with E-state index in [0.717, 1.165) is 16.1 Å². The van der Waals surface area contributed by atoms with E-state index in [9.17, 15) is 4.79 Å². The van der Waals surface area contributed by atoms with Gasteiger partial charge in [0.2, 0.25) is 0 Å². The highest BCUT2D eigenvalue weighted by Gasteiger charge is 2.03. The first-order chi connectivity index (χ1) is 9.79. The molecule has 0 aliphatic rings. The molecular formula is C16H15NO2S. The minimum Gasteiger partial charge on any atom is -0.462 e. The summed E-state index contributed by atoms with van der Waals surface area (Å²) in [6, 6.07) is 13.8. The maximum Gasteiger partial charge on any atom is 0.349 e. The van der Waals surface area contributed by atoms with Crippen molar-refractivity contribution in [2.24, 2.45) is 4.99 Å². The summed E-state index contributed by atoms with van der Waals surface area (Å²) in [5, 5.41) is 1.98. The molecular weight excluding hydrogens is 270 g/mol. The third kappa shape index (κ3) is 4.17. The first-order valence-electron chi connectivity index (χ1n) is 6.31. The van der Waals surface area contributed by atoms with Crippen LogP contribution in [0.1, 0.15) is 17.4 Å². The van der Waals surface area contributed by atoms with E-state index in [-0.39, 0.29) is 0 Å². The van der Waals surface area contributed by atoms with E-state index < -0.39 is 5.97 Å². The third-order valence-electron chi connectivity index (χ3n) is 2.47. The summed E-state index contributed by atoms with van der Waals surface area (Å²) < 4.78 is 4.85. The van der Waals surface area contributed by atoms with Crippen LogP contribution < -0.4 is 0 Å². The largest absolute Gasteiger partial charge is 0.462 e. The number of nitrogens with zero attached hydrogens (tertiary/aromatic N) is 1. The first-order valence-corrected chi connectivity index (χ1v) is 7.19. The average molecular weight is 285 g/mol. The molecule has 4 heteroatoms. The molecule has 1 aromatic carbocycles. The Bertz CT molecular complexity index is 601. The number of ether oxygens (including phenoxy) is 1. The predicted molar refractivity (Wildman–Crippen MR) is 83.8 cm³/mol. The van der Waals surface area contributed by atoms with E-state index in [0.29, 0.717) is 6.61 Å². The van der Waals surface area contributed by atoms with Crippen LogP contribution in [0.25, 0.3) is 11.8 Å². The van der Waals surface area contributed by atoms with Gasteiger partial charge in [-0.3, -0.25) is 0 Å². The zero-order valence-corrected chi connectivity index (χ0v) is 12.0. The molecule has 0 radical (unpaired) electrons. The van der Waals surface area contributed by atoms with Crippen molar-refractivity contribution in [1.82, 2.24) is 0 Å². The maximum atomic E-state index is 11.4. The second-order valence-corrected chi connectivity index (χ2v) is 4.88. The van der Waals surface area contributed by atoms with Crippen LogP contribution in [0, 0.1) is 0 Å². The lowest BCUT2D eigenvalue weighted by molar-refractivity contribution is -0.134. The number of rotatable bonds is 5. The highest BCUT2D eigenvalue weighted by molar-refractivity contribution is 7.11. The molecule has 0 amide bonds. The maximum absolute atomic E-state index is 11.4. The SMILES string of the molecule is CCOC(=O)C=N/C(=C\c1ccccc1)c1cccs1. The minimum absolute atomic E-state index is 0.349. The van der Waals surface area contributed by atoms with Gasteiger partial charge in [0, 0.05) is 0 Å². The molecule has 0 bridgehead atoms. The minimum atomic E-state index is -0.428. The number of carbonyl (C=O) groups is 1. The number of carbonyl (C=O) groups excluding carboxylic acids is 1. The summed E-state index contributed by atoms with van der Waals surface area (Å²) in [5.41, 5.74) is 1.79. The molecule has 1 aromatic heterocycles. The van der Waals surface area contributed by atoms with Crippen molar-refractivity contribution in [2.45, 2.75) is 6.92 Å². The van der Waals surface area contributed by atoms with Gasteiger partial charge in [0.05, 0.1) is 17.2 Å². The molecule has 0 aliphatic heterocycles. The van der Waals surface area contributed by atoms with Crippen LogP contribution in [0.2, 0.25) is 0 Å². The molecule has 102 valence electrons. The van der Waals surface area contributed by atoms with Gasteiger partial charge in [-0.2, -0.15) is 0 Å². The van der Waals surface area contributed by atoms with Crippen molar-refractivity contribution in [3.05, 3.63) is 58.3 Å². The van der Waals surface area contributed by atoms with Crippen LogP contribution in [-0.2, 0) is 9.53 Å². The topological polar surface area (TPSA) is 38.7 Å². The van der Waals surface area contributed by atoms with E-state index in [1.54, 1.807) is 18.3 Å². The molecule has 20 heavy (non-hydrogen) atoms. The van der Waals surface area contributed by atoms with Crippen molar-refractivity contribution in [1.29, 1.82) is 0 Å². The molecule has 0 saturated heterocycles. The van der Waals surface area contributed by atoms with Crippen molar-refractivity contribution < 1.29 is 9.53 Å². The lowest BCUT2D eigenvalue weighted by atomic mass is 10.2. The standard InChI is InChI=1S/C16H15NO2S/c1-2-19-16(18)12-17-14(15-9-6-10-20-15)11-13-7-4-3-5-8-13/h3-12H,2H2,1H3/b14-11-,17-12?. The monoisotopic (exact) mass is 285 g/mol. The second-order valence-electron chi connectivity index (χ2n) is 3.93. The summed E-state index contributed by atoms with van der Waals surface area (Å²) in [7, 11) is 0. The summed E-state index contributed by atoms with van der Waals surface area (Å²) in [5.74, 6) is -0.428. The third-order valence-corrected chi connectivity index (χ3v) is 3.36. The molecule has 0 spiro atoms. The lowest BCUT2D eigenvalue weighted by Crippen LogP contribution is -2.04. The van der Waals surface area contributed by atoms with Crippen LogP contribution in [0.4, 0.5) is 0 Å². The van der Waals surface area contributed by atoms with Crippen LogP contribution in [0.15, 0.2) is 52.8 Å². The highest BCUT2D eigenvalue weighted by atomic mass is 32.1. The number of thiophene rings is 1. The molecule has 0 saturated carbocycles. The highest BCUT2D eigenvalue weighted by Crippen LogP contribution is 2.23. The Balaban J connectivity index is 2.27. The lowest BCUT2D eigenvalue weighted by Gasteiger charge is -2.00. The van der Waals surface area contributed by atoms with Crippen molar-refractivity contribution >= 4 is 35.3 Å². The van der Waals surface area contributed by atoms with Crippen molar-refractivity contribution in [3.63, 3.8) is 0 Å². The van der Waals surface area contributed by atoms with Gasteiger partial charge in [0.25, 0.3) is 0 Å². The summed E-state index contributed by atoms with van der Waals surface area (Å²) in [6.45, 7) is 2.12. The van der Waals surface area contributed by atoms with E-state index in [1.807, 2.05) is 53.9 Å². The Hall–Kier alpha value is -2.20. The number of aliphatic imine (C=N–C) groups is 1. The Morgan fingerprint density at radius 1 is 1.25 bits per heavy atom. The Kier molecular flexibility index (Phi) is 5.26. The molecule has 0 atom stereocenters. The summed E-state index contributed by atoms with van der Waals surface area (Å²) >= 11 is 1.58. The smallest absolute Gasteiger partial charge is 0.349 e. The van der Waals surface area contributed by atoms with Gasteiger partial charge in [0.1, 0.15) is 6.21 Å². The number of hydrogen-bond donors (Lipinski definition) is 0. The quantitative estimate of drug-likeness (QED) is 0.617. The van der Waals surface area contributed by atoms with Gasteiger partial charge >= 0.3 is 5.97 Å². The van der Waals surface area contributed by atoms with E-state index in [1.165, 1.54) is 6.21 Å². The zero-order valence-electron chi connectivity index (χ0n) is 11.2. The molecule has 0 N–H and O–H groups in total. The number of esters is 1. The predicted octanol–water partition coefficient (Wildman–Crippen LogP) is 3.88. The van der Waals surface area contributed by atoms with Gasteiger partial charge in [-0.05, 0) is 30.0 Å². The van der Waals surface area contributed by atoms with Crippen LogP contribution in [-0.4, -0.2) is 18.8 Å². The number of benzene rings is 1. The molecule has 1 heterocycles. The molecule has 0 aliphatic carbocycles. The van der Waals surface area contributed by atoms with E-state index in [2.05, 4.69) is 4.99 Å². The second kappa shape index (κ2) is 7.40. The Labute approximate surface area is 122 Å². The summed E-state index contributed by atoms with van der Waals surface area (Å²) in [4.78, 5) is 16.6. The van der Waals surface area contributed by atoms with Crippen LogP contribution in [0.3, 0.4) is 0 Å². The number of hydrogen-bond acceptors (Lipinski definition) is 4. The average Bonchev–Trinajstić information content (AvgIpc) is 2.99. The Morgan fingerprint density at radius 2 is 2.05 bits per heavy atom. The first kappa shape index (κ1) is 14.2. The zero-order chi connectivity index (χ0) is 14.2. The van der Waals surface area contributed by atoms with Crippen molar-refractivity contribution in [2.75, 3.05) is 6.61 Å². The van der Waals surface area contributed by atoms with E-state index in [4.69, 9.17) is 4.74 Å². The van der Waals surface area contributed by atoms with Crippen molar-refractivity contribution in [3.8, 4) is 0 Å². The van der Waals surface area contributed by atoms with Gasteiger partial charge in [-0.1, -0.05) is 36.4 Å². The molecule has 0 fully saturated rings. The van der Waals surface area contributed by atoms with Gasteiger partial charge in [-0.15, -0.1) is 11.3 Å². The molecule has 3 nitrogen and oxygen atoms in total. The normalized spacial score (nSPS) is 11.8. The Morgan fingerprint density at radius 3 is 2.70 bits per heavy atom. The fraction of sp³-hybridized carbons (Fsp3) is 0.125. The summed E-state index contributed by atoms with van der Waals surface area (Å²) in [6.07, 6.45) is 3.17. The van der Waals surface area contributed by atoms with Gasteiger partial charge in [-0.25, -0.2) is 9.79 Å². The molecule has 2 aromatic rings. The molecule has 0 unspecified atom stereocenters. The van der Waals surface area contributed by atoms with E-state index >= 15 is 0 Å². The fourth-order valence-electron chi connectivity index (χ4n) is 1.61. The molecule has 2 rings (SSSR count). The van der Waals surface area contributed by atoms with Gasteiger partial charge in [0.15, 0.2) is 0 Å². The van der Waals surface area contributed by atoms with Gasteiger partial charge < -0.3 is 4.74 Å². The fourth-order valence-corrected chi connectivity index (χ4v) is 2.30.